The van der Waals surface area contributed by atoms with Crippen LogP contribution in [0.4, 0.5) is 0 Å². The lowest BCUT2D eigenvalue weighted by molar-refractivity contribution is -0.144. The standard InChI is InChI=1S/C30H29Cl3N2O5/c1-2-39-27(37)15-18-10-13-34(14-11-18)26(36)17-25-24-7-4-12-35(24)23-9-8-19(31)16-21(23)30(40-25)29(38)20-5-3-6-22(32)28(20)33/h3-9,12,16,18,25,30H,2,10-11,13-15,17H2,1H3. The van der Waals surface area contributed by atoms with Crippen molar-refractivity contribution in [1.29, 1.82) is 0 Å². The molecule has 40 heavy (non-hydrogen) atoms. The van der Waals surface area contributed by atoms with Crippen molar-refractivity contribution in [2.24, 2.45) is 5.92 Å². The highest BCUT2D eigenvalue weighted by Crippen LogP contribution is 2.42. The molecule has 10 heteroatoms. The van der Waals surface area contributed by atoms with E-state index in [0.29, 0.717) is 36.7 Å². The summed E-state index contributed by atoms with van der Waals surface area (Å²) in [7, 11) is 0. The molecular formula is C30H29Cl3N2O5. The number of halogens is 3. The molecule has 0 radical (unpaired) electrons. The van der Waals surface area contributed by atoms with Gasteiger partial charge in [0.2, 0.25) is 5.91 Å². The predicted molar refractivity (Wildman–Crippen MR) is 153 cm³/mol. The number of Topliss-reactive ketones (excluding diaryl/α,β-unsaturated/α-hetero) is 1. The minimum atomic E-state index is -1.07. The number of rotatable bonds is 7. The van der Waals surface area contributed by atoms with Crippen LogP contribution in [0.5, 0.6) is 0 Å². The zero-order valence-corrected chi connectivity index (χ0v) is 24.2. The molecule has 2 unspecified atom stereocenters. The number of hydrogen-bond donors (Lipinski definition) is 0. The zero-order chi connectivity index (χ0) is 28.4. The van der Waals surface area contributed by atoms with E-state index in [0.717, 1.165) is 24.2 Å². The molecule has 2 aromatic carbocycles. The molecule has 0 bridgehead atoms. The molecule has 2 aliphatic rings. The van der Waals surface area contributed by atoms with E-state index in [1.807, 2.05) is 29.0 Å². The van der Waals surface area contributed by atoms with E-state index >= 15 is 0 Å². The summed E-state index contributed by atoms with van der Waals surface area (Å²) in [5, 5.41) is 0.853. The van der Waals surface area contributed by atoms with Crippen molar-refractivity contribution in [2.75, 3.05) is 19.7 Å². The number of ketones is 1. The first kappa shape index (κ1) is 28.7. The fourth-order valence-electron chi connectivity index (χ4n) is 5.46. The Morgan fingerprint density at radius 1 is 1.00 bits per heavy atom. The van der Waals surface area contributed by atoms with Crippen LogP contribution in [0, 0.1) is 5.92 Å². The lowest BCUT2D eigenvalue weighted by atomic mass is 9.93. The smallest absolute Gasteiger partial charge is 0.306 e. The van der Waals surface area contributed by atoms with Gasteiger partial charge in [-0.15, -0.1) is 0 Å². The maximum atomic E-state index is 13.9. The van der Waals surface area contributed by atoms with Crippen molar-refractivity contribution >= 4 is 52.5 Å². The maximum Gasteiger partial charge on any atom is 0.306 e. The van der Waals surface area contributed by atoms with Gasteiger partial charge in [0.1, 0.15) is 12.2 Å². The molecule has 5 rings (SSSR count). The normalized spacial score (nSPS) is 18.9. The molecule has 1 amide bonds. The fraction of sp³-hybridized carbons (Fsp3) is 0.367. The van der Waals surface area contributed by atoms with Crippen LogP contribution in [0.3, 0.4) is 0 Å². The molecular weight excluding hydrogens is 575 g/mol. The number of fused-ring (bicyclic) bond motifs is 3. The molecule has 3 aromatic rings. The lowest BCUT2D eigenvalue weighted by Gasteiger charge is -2.33. The predicted octanol–water partition coefficient (Wildman–Crippen LogP) is 7.01. The molecule has 2 atom stereocenters. The number of likely N-dealkylation sites (tertiary alicyclic amines) is 1. The Hall–Kier alpha value is -2.84. The first-order chi connectivity index (χ1) is 19.3. The van der Waals surface area contributed by atoms with Crippen LogP contribution in [0.15, 0.2) is 54.7 Å². The van der Waals surface area contributed by atoms with E-state index in [1.165, 1.54) is 0 Å². The minimum absolute atomic E-state index is 0.0430. The van der Waals surface area contributed by atoms with Gasteiger partial charge in [-0.05, 0) is 68.1 Å². The minimum Gasteiger partial charge on any atom is -0.466 e. The Labute approximate surface area is 247 Å². The zero-order valence-electron chi connectivity index (χ0n) is 21.9. The van der Waals surface area contributed by atoms with Crippen molar-refractivity contribution in [3.8, 4) is 5.69 Å². The second-order valence-electron chi connectivity index (χ2n) is 10.0. The second kappa shape index (κ2) is 12.4. The Bertz CT molecular complexity index is 1430. The topological polar surface area (TPSA) is 77.8 Å². The third-order valence-electron chi connectivity index (χ3n) is 7.49. The first-order valence-electron chi connectivity index (χ1n) is 13.3. The SMILES string of the molecule is CCOC(=O)CC1CCN(C(=O)CC2OC(C(=O)c3cccc(Cl)c3Cl)c3cc(Cl)ccc3-n3cccc32)CC1. The fourth-order valence-corrected chi connectivity index (χ4v) is 6.03. The van der Waals surface area contributed by atoms with Crippen LogP contribution < -0.4 is 0 Å². The van der Waals surface area contributed by atoms with E-state index in [1.54, 1.807) is 42.2 Å². The Balaban J connectivity index is 1.40. The van der Waals surface area contributed by atoms with E-state index < -0.39 is 12.2 Å². The van der Waals surface area contributed by atoms with Crippen LogP contribution in [0.2, 0.25) is 15.1 Å². The largest absolute Gasteiger partial charge is 0.466 e. The number of amides is 1. The van der Waals surface area contributed by atoms with Gasteiger partial charge in [0, 0.05) is 41.9 Å². The van der Waals surface area contributed by atoms with Gasteiger partial charge < -0.3 is 18.9 Å². The van der Waals surface area contributed by atoms with Gasteiger partial charge in [-0.2, -0.15) is 0 Å². The lowest BCUT2D eigenvalue weighted by Crippen LogP contribution is -2.39. The van der Waals surface area contributed by atoms with E-state index in [4.69, 9.17) is 44.3 Å². The summed E-state index contributed by atoms with van der Waals surface area (Å²) < 4.78 is 13.5. The van der Waals surface area contributed by atoms with Crippen LogP contribution in [-0.2, 0) is 19.1 Å². The van der Waals surface area contributed by atoms with E-state index in [9.17, 15) is 14.4 Å². The quantitative estimate of drug-likeness (QED) is 0.214. The summed E-state index contributed by atoms with van der Waals surface area (Å²) in [4.78, 5) is 41.1. The van der Waals surface area contributed by atoms with Gasteiger partial charge in [0.25, 0.3) is 0 Å². The summed E-state index contributed by atoms with van der Waals surface area (Å²) in [6.07, 6.45) is 1.96. The number of nitrogens with zero attached hydrogens (tertiary/aromatic N) is 2. The van der Waals surface area contributed by atoms with E-state index in [2.05, 4.69) is 0 Å². The number of aromatic nitrogens is 1. The maximum absolute atomic E-state index is 13.9. The number of hydrogen-bond acceptors (Lipinski definition) is 5. The average Bonchev–Trinajstić information content (AvgIpc) is 3.38. The van der Waals surface area contributed by atoms with E-state index in [-0.39, 0.29) is 45.6 Å². The van der Waals surface area contributed by atoms with Gasteiger partial charge in [0.05, 0.1) is 34.5 Å². The molecule has 1 fully saturated rings. The van der Waals surface area contributed by atoms with Gasteiger partial charge in [0.15, 0.2) is 5.78 Å². The van der Waals surface area contributed by atoms with Crippen molar-refractivity contribution in [3.63, 3.8) is 0 Å². The number of benzene rings is 2. The highest BCUT2D eigenvalue weighted by molar-refractivity contribution is 6.44. The van der Waals surface area contributed by atoms with Crippen LogP contribution in [0.25, 0.3) is 5.69 Å². The summed E-state index contributed by atoms with van der Waals surface area (Å²) in [6.45, 7) is 3.25. The number of carbonyl (C=O) groups excluding carboxylic acids is 3. The van der Waals surface area contributed by atoms with Gasteiger partial charge in [-0.25, -0.2) is 0 Å². The molecule has 1 aromatic heterocycles. The molecule has 2 aliphatic heterocycles. The number of esters is 1. The van der Waals surface area contributed by atoms with Crippen LogP contribution in [-0.4, -0.2) is 46.8 Å². The second-order valence-corrected chi connectivity index (χ2v) is 11.2. The van der Waals surface area contributed by atoms with Gasteiger partial charge >= 0.3 is 5.97 Å². The van der Waals surface area contributed by atoms with Crippen molar-refractivity contribution in [1.82, 2.24) is 9.47 Å². The van der Waals surface area contributed by atoms with Gasteiger partial charge in [-0.3, -0.25) is 14.4 Å². The summed E-state index contributed by atoms with van der Waals surface area (Å²) >= 11 is 19.0. The third-order valence-corrected chi connectivity index (χ3v) is 8.54. The molecule has 210 valence electrons. The summed E-state index contributed by atoms with van der Waals surface area (Å²) in [5.41, 5.74) is 2.28. The Morgan fingerprint density at radius 2 is 1.77 bits per heavy atom. The molecule has 0 spiro atoms. The molecule has 3 heterocycles. The van der Waals surface area contributed by atoms with Crippen LogP contribution in [0.1, 0.15) is 66.4 Å². The summed E-state index contributed by atoms with van der Waals surface area (Å²) in [6, 6.07) is 13.9. The number of piperidine rings is 1. The Kier molecular flexibility index (Phi) is 8.86. The summed E-state index contributed by atoms with van der Waals surface area (Å²) in [5.74, 6) is -0.462. The van der Waals surface area contributed by atoms with Gasteiger partial charge in [-0.1, -0.05) is 40.9 Å². The molecule has 0 N–H and O–H groups in total. The highest BCUT2D eigenvalue weighted by Gasteiger charge is 2.37. The average molecular weight is 604 g/mol. The van der Waals surface area contributed by atoms with Crippen molar-refractivity contribution in [3.05, 3.63) is 86.6 Å². The Morgan fingerprint density at radius 3 is 2.52 bits per heavy atom. The molecule has 0 aliphatic carbocycles. The number of carbonyl (C=O) groups is 3. The molecule has 1 saturated heterocycles. The molecule has 0 saturated carbocycles. The first-order valence-corrected chi connectivity index (χ1v) is 14.4. The van der Waals surface area contributed by atoms with Crippen LogP contribution >= 0.6 is 34.8 Å². The third kappa shape index (κ3) is 5.93. The van der Waals surface area contributed by atoms with Crippen molar-refractivity contribution < 1.29 is 23.9 Å². The monoisotopic (exact) mass is 602 g/mol. The highest BCUT2D eigenvalue weighted by atomic mass is 35.5. The number of ether oxygens (including phenoxy) is 2. The molecule has 7 nitrogen and oxygen atoms in total. The van der Waals surface area contributed by atoms with Crippen molar-refractivity contribution in [2.45, 2.75) is 44.8 Å².